The topological polar surface area (TPSA) is 49.8 Å². The van der Waals surface area contributed by atoms with Gasteiger partial charge in [-0.15, -0.1) is 0 Å². The quantitative estimate of drug-likeness (QED) is 0.174. The molecule has 6 nitrogen and oxygen atoms in total. The number of rotatable bonds is 6. The second-order valence-electron chi connectivity index (χ2n) is 14.9. The molecule has 0 amide bonds. The molecule has 4 heterocycles. The lowest BCUT2D eigenvalue weighted by molar-refractivity contribution is 0.478. The summed E-state index contributed by atoms with van der Waals surface area (Å²) < 4.78 is 13.3. The van der Waals surface area contributed by atoms with Gasteiger partial charge < -0.3 is 9.30 Å². The number of ether oxygens (including phenoxy) is 1. The first-order chi connectivity index (χ1) is 26.4. The van der Waals surface area contributed by atoms with E-state index in [2.05, 4.69) is 170 Å². The molecule has 260 valence electrons. The zero-order valence-corrected chi connectivity index (χ0v) is 30.3. The van der Waals surface area contributed by atoms with E-state index in [1.807, 2.05) is 35.3 Å². The van der Waals surface area contributed by atoms with Crippen molar-refractivity contribution in [1.82, 2.24) is 23.9 Å². The largest absolute Gasteiger partial charge is 0.457 e. The van der Waals surface area contributed by atoms with E-state index in [1.165, 1.54) is 10.8 Å². The maximum absolute atomic E-state index is 6.76. The van der Waals surface area contributed by atoms with Crippen molar-refractivity contribution in [3.8, 4) is 39.8 Å². The standard InChI is InChI=1S/C48H37N5O/c1-48(2,3)34-25-36(51-31-33(30-50-51)32-13-5-4-6-14-32)27-38(26-34)54-37-21-22-42-41-17-9-12-20-45(41)53(46(42)29-37)47-28-35(23-24-49-47)52-43-18-10-7-15-39(43)40-16-8-11-19-44(40)52/h4-31H,1-3H3. The van der Waals surface area contributed by atoms with Gasteiger partial charge >= 0.3 is 0 Å². The number of benzene rings is 6. The number of para-hydroxylation sites is 3. The minimum Gasteiger partial charge on any atom is -0.457 e. The molecule has 6 heteroatoms. The number of fused-ring (bicyclic) bond motifs is 6. The van der Waals surface area contributed by atoms with E-state index in [1.54, 1.807) is 0 Å². The van der Waals surface area contributed by atoms with E-state index >= 15 is 0 Å². The highest BCUT2D eigenvalue weighted by atomic mass is 16.5. The van der Waals surface area contributed by atoms with Gasteiger partial charge in [-0.3, -0.25) is 4.57 Å². The molecule has 0 spiro atoms. The van der Waals surface area contributed by atoms with Crippen LogP contribution in [0.15, 0.2) is 170 Å². The summed E-state index contributed by atoms with van der Waals surface area (Å²) >= 11 is 0. The Balaban J connectivity index is 1.09. The second kappa shape index (κ2) is 12.3. The lowest BCUT2D eigenvalue weighted by atomic mass is 9.86. The van der Waals surface area contributed by atoms with Crippen molar-refractivity contribution in [1.29, 1.82) is 0 Å². The van der Waals surface area contributed by atoms with Gasteiger partial charge in [0.25, 0.3) is 0 Å². The molecule has 54 heavy (non-hydrogen) atoms. The van der Waals surface area contributed by atoms with E-state index < -0.39 is 0 Å². The molecule has 0 radical (unpaired) electrons. The average molecular weight is 700 g/mol. The zero-order chi connectivity index (χ0) is 36.4. The number of nitrogens with zero attached hydrogens (tertiary/aromatic N) is 5. The van der Waals surface area contributed by atoms with Crippen LogP contribution in [-0.4, -0.2) is 23.9 Å². The third-order valence-corrected chi connectivity index (χ3v) is 10.4. The summed E-state index contributed by atoms with van der Waals surface area (Å²) in [5.74, 6) is 2.33. The number of hydrogen-bond donors (Lipinski definition) is 0. The first-order valence-corrected chi connectivity index (χ1v) is 18.3. The molecule has 0 bridgehead atoms. The second-order valence-corrected chi connectivity index (χ2v) is 14.9. The van der Waals surface area contributed by atoms with Crippen molar-refractivity contribution < 1.29 is 4.74 Å². The highest BCUT2D eigenvalue weighted by molar-refractivity contribution is 6.10. The molecule has 4 aromatic heterocycles. The van der Waals surface area contributed by atoms with Crippen LogP contribution in [0.4, 0.5) is 0 Å². The van der Waals surface area contributed by atoms with Gasteiger partial charge in [-0.1, -0.05) is 106 Å². The summed E-state index contributed by atoms with van der Waals surface area (Å²) in [6, 6.07) is 53.1. The van der Waals surface area contributed by atoms with E-state index in [9.17, 15) is 0 Å². The summed E-state index contributed by atoms with van der Waals surface area (Å²) in [7, 11) is 0. The number of aromatic nitrogens is 5. The van der Waals surface area contributed by atoms with Crippen LogP contribution >= 0.6 is 0 Å². The van der Waals surface area contributed by atoms with Crippen molar-refractivity contribution in [3.05, 3.63) is 176 Å². The van der Waals surface area contributed by atoms with E-state index in [4.69, 9.17) is 14.8 Å². The smallest absolute Gasteiger partial charge is 0.139 e. The lowest BCUT2D eigenvalue weighted by Crippen LogP contribution is -2.12. The van der Waals surface area contributed by atoms with E-state index in [-0.39, 0.29) is 5.41 Å². The molecule has 0 fully saturated rings. The van der Waals surface area contributed by atoms with Crippen LogP contribution in [0.2, 0.25) is 0 Å². The maximum atomic E-state index is 6.76. The van der Waals surface area contributed by atoms with Crippen LogP contribution in [0, 0.1) is 0 Å². The Kier molecular flexibility index (Phi) is 7.27. The minimum absolute atomic E-state index is 0.104. The molecule has 0 aliphatic rings. The van der Waals surface area contributed by atoms with Gasteiger partial charge in [-0.2, -0.15) is 5.10 Å². The monoisotopic (exact) mass is 699 g/mol. The Morgan fingerprint density at radius 3 is 1.81 bits per heavy atom. The van der Waals surface area contributed by atoms with Gasteiger partial charge in [-0.25, -0.2) is 9.67 Å². The van der Waals surface area contributed by atoms with Crippen LogP contribution in [0.1, 0.15) is 26.3 Å². The minimum atomic E-state index is -0.104. The molecular formula is C48H37N5O. The molecule has 0 atom stereocenters. The molecule has 10 rings (SSSR count). The summed E-state index contributed by atoms with van der Waals surface area (Å²) in [6.07, 6.45) is 5.90. The van der Waals surface area contributed by atoms with Crippen LogP contribution < -0.4 is 4.74 Å². The Morgan fingerprint density at radius 2 is 1.13 bits per heavy atom. The highest BCUT2D eigenvalue weighted by Crippen LogP contribution is 2.38. The Labute approximate surface area is 313 Å². The first kappa shape index (κ1) is 31.8. The molecule has 0 saturated carbocycles. The summed E-state index contributed by atoms with van der Waals surface area (Å²) in [4.78, 5) is 4.97. The SMILES string of the molecule is CC(C)(C)c1cc(Oc2ccc3c4ccccc4n(-c4cc(-n5c6ccccc6c6ccccc65)ccn4)c3c2)cc(-n2cc(-c3ccccc3)cn2)c1. The van der Waals surface area contributed by atoms with Gasteiger partial charge in [-0.05, 0) is 65.1 Å². The molecule has 10 aromatic rings. The van der Waals surface area contributed by atoms with Gasteiger partial charge in [0, 0.05) is 57.7 Å². The fraction of sp³-hybridized carbons (Fsp3) is 0.0833. The fourth-order valence-electron chi connectivity index (χ4n) is 7.72. The third-order valence-electron chi connectivity index (χ3n) is 10.4. The van der Waals surface area contributed by atoms with Gasteiger partial charge in [0.1, 0.15) is 17.3 Å². The molecule has 0 aliphatic carbocycles. The number of pyridine rings is 1. The van der Waals surface area contributed by atoms with Crippen molar-refractivity contribution in [2.24, 2.45) is 0 Å². The van der Waals surface area contributed by atoms with E-state index in [0.29, 0.717) is 0 Å². The van der Waals surface area contributed by atoms with E-state index in [0.717, 1.165) is 78.2 Å². The molecule has 0 unspecified atom stereocenters. The normalized spacial score (nSPS) is 12.0. The Morgan fingerprint density at radius 1 is 0.500 bits per heavy atom. The Bertz CT molecular complexity index is 2960. The van der Waals surface area contributed by atoms with Crippen LogP contribution in [0.25, 0.3) is 71.9 Å². The number of hydrogen-bond acceptors (Lipinski definition) is 3. The van der Waals surface area contributed by atoms with Crippen molar-refractivity contribution in [3.63, 3.8) is 0 Å². The third kappa shape index (κ3) is 5.34. The molecular weight excluding hydrogens is 663 g/mol. The lowest BCUT2D eigenvalue weighted by Gasteiger charge is -2.21. The molecule has 0 aliphatic heterocycles. The van der Waals surface area contributed by atoms with Gasteiger partial charge in [0.15, 0.2) is 0 Å². The van der Waals surface area contributed by atoms with Crippen LogP contribution in [-0.2, 0) is 5.41 Å². The zero-order valence-electron chi connectivity index (χ0n) is 30.3. The first-order valence-electron chi connectivity index (χ1n) is 18.3. The van der Waals surface area contributed by atoms with Crippen LogP contribution in [0.3, 0.4) is 0 Å². The predicted octanol–water partition coefficient (Wildman–Crippen LogP) is 12.2. The van der Waals surface area contributed by atoms with Crippen molar-refractivity contribution in [2.45, 2.75) is 26.2 Å². The summed E-state index contributed by atoms with van der Waals surface area (Å²) in [5, 5.41) is 9.51. The predicted molar refractivity (Wildman–Crippen MR) is 221 cm³/mol. The fourth-order valence-corrected chi connectivity index (χ4v) is 7.72. The van der Waals surface area contributed by atoms with Gasteiger partial charge in [0.2, 0.25) is 0 Å². The maximum Gasteiger partial charge on any atom is 0.139 e. The molecule has 0 N–H and O–H groups in total. The summed E-state index contributed by atoms with van der Waals surface area (Å²) in [5.41, 5.74) is 9.68. The van der Waals surface area contributed by atoms with Crippen LogP contribution in [0.5, 0.6) is 11.5 Å². The van der Waals surface area contributed by atoms with Crippen molar-refractivity contribution in [2.75, 3.05) is 0 Å². The highest BCUT2D eigenvalue weighted by Gasteiger charge is 2.20. The van der Waals surface area contributed by atoms with Crippen molar-refractivity contribution >= 4 is 43.6 Å². The molecule has 0 saturated heterocycles. The van der Waals surface area contributed by atoms with Gasteiger partial charge in [0.05, 0.1) is 39.6 Å². The Hall–Kier alpha value is -6.92. The molecule has 6 aromatic carbocycles. The summed E-state index contributed by atoms with van der Waals surface area (Å²) in [6.45, 7) is 6.66. The average Bonchev–Trinajstić information content (AvgIpc) is 3.91.